The zero-order valence-electron chi connectivity index (χ0n) is 12.0. The van der Waals surface area contributed by atoms with E-state index in [-0.39, 0.29) is 0 Å². The Hall–Kier alpha value is -1.29. The third-order valence-electron chi connectivity index (χ3n) is 4.32. The van der Waals surface area contributed by atoms with E-state index in [2.05, 4.69) is 34.3 Å². The fourth-order valence-corrected chi connectivity index (χ4v) is 2.83. The molecule has 19 heavy (non-hydrogen) atoms. The van der Waals surface area contributed by atoms with Crippen molar-refractivity contribution in [3.8, 4) is 0 Å². The number of nitrogens with one attached hydrogen (secondary N) is 1. The molecule has 4 nitrogen and oxygen atoms in total. The SMILES string of the molecule is CCN1CCN(c2ncc(C3CC3)cc2NC)CC1. The summed E-state index contributed by atoms with van der Waals surface area (Å²) in [7, 11) is 2.00. The van der Waals surface area contributed by atoms with Crippen LogP contribution in [-0.2, 0) is 0 Å². The predicted molar refractivity (Wildman–Crippen MR) is 80.1 cm³/mol. The topological polar surface area (TPSA) is 31.4 Å². The Morgan fingerprint density at radius 1 is 1.26 bits per heavy atom. The Morgan fingerprint density at radius 3 is 2.58 bits per heavy atom. The highest BCUT2D eigenvalue weighted by molar-refractivity contribution is 5.66. The van der Waals surface area contributed by atoms with E-state index < -0.39 is 0 Å². The standard InChI is InChI=1S/C15H24N4/c1-3-18-6-8-19(9-7-18)15-14(16-2)10-13(11-17-15)12-4-5-12/h10-12,16H,3-9H2,1-2H3. The number of likely N-dealkylation sites (N-methyl/N-ethyl adjacent to an activating group) is 1. The van der Waals surface area contributed by atoms with E-state index in [9.17, 15) is 0 Å². The van der Waals surface area contributed by atoms with Crippen LogP contribution < -0.4 is 10.2 Å². The molecule has 0 bridgehead atoms. The molecule has 1 N–H and O–H groups in total. The summed E-state index contributed by atoms with van der Waals surface area (Å²) in [5.41, 5.74) is 2.59. The van der Waals surface area contributed by atoms with E-state index in [1.807, 2.05) is 7.05 Å². The number of nitrogens with zero attached hydrogens (tertiary/aromatic N) is 3. The van der Waals surface area contributed by atoms with Gasteiger partial charge in [0.15, 0.2) is 5.82 Å². The quantitative estimate of drug-likeness (QED) is 0.899. The number of rotatable bonds is 4. The lowest BCUT2D eigenvalue weighted by molar-refractivity contribution is 0.270. The van der Waals surface area contributed by atoms with Gasteiger partial charge in [0.1, 0.15) is 0 Å². The first-order chi connectivity index (χ1) is 9.31. The van der Waals surface area contributed by atoms with Crippen LogP contribution in [0.1, 0.15) is 31.2 Å². The molecule has 0 unspecified atom stereocenters. The summed E-state index contributed by atoms with van der Waals surface area (Å²) in [5, 5.41) is 3.32. The monoisotopic (exact) mass is 260 g/mol. The molecule has 104 valence electrons. The molecule has 2 aliphatic rings. The van der Waals surface area contributed by atoms with Crippen LogP contribution in [0.3, 0.4) is 0 Å². The minimum Gasteiger partial charge on any atom is -0.385 e. The van der Waals surface area contributed by atoms with Crippen LogP contribution >= 0.6 is 0 Å². The van der Waals surface area contributed by atoms with Crippen LogP contribution in [0.4, 0.5) is 11.5 Å². The zero-order chi connectivity index (χ0) is 13.2. The lowest BCUT2D eigenvalue weighted by atomic mass is 10.1. The Morgan fingerprint density at radius 2 is 2.00 bits per heavy atom. The van der Waals surface area contributed by atoms with Gasteiger partial charge in [0.05, 0.1) is 5.69 Å². The Kier molecular flexibility index (Phi) is 3.60. The molecule has 1 aromatic rings. The lowest BCUT2D eigenvalue weighted by Crippen LogP contribution is -2.46. The van der Waals surface area contributed by atoms with Crippen molar-refractivity contribution in [3.63, 3.8) is 0 Å². The normalized spacial score (nSPS) is 20.6. The van der Waals surface area contributed by atoms with Gasteiger partial charge in [-0.3, -0.25) is 0 Å². The van der Waals surface area contributed by atoms with Crippen molar-refractivity contribution >= 4 is 11.5 Å². The van der Waals surface area contributed by atoms with Gasteiger partial charge in [-0.15, -0.1) is 0 Å². The molecule has 0 spiro atoms. The first-order valence-corrected chi connectivity index (χ1v) is 7.46. The van der Waals surface area contributed by atoms with Crippen LogP contribution in [0.25, 0.3) is 0 Å². The van der Waals surface area contributed by atoms with E-state index in [1.54, 1.807) is 0 Å². The first-order valence-electron chi connectivity index (χ1n) is 7.46. The molecule has 0 aromatic carbocycles. The zero-order valence-corrected chi connectivity index (χ0v) is 12.0. The Balaban J connectivity index is 1.76. The van der Waals surface area contributed by atoms with E-state index in [0.29, 0.717) is 0 Å². The van der Waals surface area contributed by atoms with Gasteiger partial charge in [0.25, 0.3) is 0 Å². The summed E-state index contributed by atoms with van der Waals surface area (Å²) >= 11 is 0. The molecule has 0 radical (unpaired) electrons. The Bertz CT molecular complexity index is 434. The summed E-state index contributed by atoms with van der Waals surface area (Å²) in [6, 6.07) is 2.30. The maximum Gasteiger partial charge on any atom is 0.152 e. The van der Waals surface area contributed by atoms with Crippen LogP contribution in [0, 0.1) is 0 Å². The highest BCUT2D eigenvalue weighted by Gasteiger charge is 2.26. The molecule has 1 aliphatic heterocycles. The molecule has 1 aromatic heterocycles. The maximum absolute atomic E-state index is 4.73. The smallest absolute Gasteiger partial charge is 0.152 e. The summed E-state index contributed by atoms with van der Waals surface area (Å²) in [4.78, 5) is 9.64. The van der Waals surface area contributed by atoms with Gasteiger partial charge in [-0.05, 0) is 36.9 Å². The second-order valence-electron chi connectivity index (χ2n) is 5.59. The van der Waals surface area contributed by atoms with Gasteiger partial charge in [0, 0.05) is 39.4 Å². The highest BCUT2D eigenvalue weighted by atomic mass is 15.3. The molecule has 1 saturated heterocycles. The fraction of sp³-hybridized carbons (Fsp3) is 0.667. The van der Waals surface area contributed by atoms with Crippen molar-refractivity contribution in [2.75, 3.05) is 50.0 Å². The van der Waals surface area contributed by atoms with Crippen molar-refractivity contribution < 1.29 is 0 Å². The molecule has 2 heterocycles. The van der Waals surface area contributed by atoms with Crippen LogP contribution in [-0.4, -0.2) is 49.7 Å². The van der Waals surface area contributed by atoms with Gasteiger partial charge < -0.3 is 15.1 Å². The number of piperazine rings is 1. The van der Waals surface area contributed by atoms with Crippen LogP contribution in [0.5, 0.6) is 0 Å². The van der Waals surface area contributed by atoms with Gasteiger partial charge in [-0.1, -0.05) is 6.92 Å². The predicted octanol–water partition coefficient (Wildman–Crippen LogP) is 2.14. The number of pyridine rings is 1. The second-order valence-corrected chi connectivity index (χ2v) is 5.59. The van der Waals surface area contributed by atoms with Gasteiger partial charge in [-0.25, -0.2) is 4.98 Å². The first kappa shape index (κ1) is 12.7. The van der Waals surface area contributed by atoms with E-state index in [4.69, 9.17) is 4.98 Å². The summed E-state index contributed by atoms with van der Waals surface area (Å²) in [6.45, 7) is 7.84. The van der Waals surface area contributed by atoms with Crippen molar-refractivity contribution in [2.45, 2.75) is 25.7 Å². The van der Waals surface area contributed by atoms with Gasteiger partial charge >= 0.3 is 0 Å². The van der Waals surface area contributed by atoms with Crippen LogP contribution in [0.15, 0.2) is 12.3 Å². The molecule has 3 rings (SSSR count). The largest absolute Gasteiger partial charge is 0.385 e. The number of aromatic nitrogens is 1. The number of hydrogen-bond acceptors (Lipinski definition) is 4. The fourth-order valence-electron chi connectivity index (χ4n) is 2.83. The summed E-state index contributed by atoms with van der Waals surface area (Å²) in [6.07, 6.45) is 4.75. The highest BCUT2D eigenvalue weighted by Crippen LogP contribution is 2.41. The molecular weight excluding hydrogens is 236 g/mol. The summed E-state index contributed by atoms with van der Waals surface area (Å²) < 4.78 is 0. The Labute approximate surface area is 115 Å². The molecule has 0 amide bonds. The second kappa shape index (κ2) is 5.37. The molecule has 1 aliphatic carbocycles. The van der Waals surface area contributed by atoms with E-state index in [0.717, 1.165) is 44.5 Å². The van der Waals surface area contributed by atoms with Crippen molar-refractivity contribution in [3.05, 3.63) is 17.8 Å². The average Bonchev–Trinajstić information content (AvgIpc) is 3.31. The third kappa shape index (κ3) is 2.68. The number of anilines is 2. The van der Waals surface area contributed by atoms with Crippen LogP contribution in [0.2, 0.25) is 0 Å². The van der Waals surface area contributed by atoms with Crippen molar-refractivity contribution in [2.24, 2.45) is 0 Å². The van der Waals surface area contributed by atoms with Crippen molar-refractivity contribution in [1.82, 2.24) is 9.88 Å². The maximum atomic E-state index is 4.73. The molecule has 4 heteroatoms. The molecular formula is C15H24N4. The van der Waals surface area contributed by atoms with E-state index in [1.165, 1.54) is 24.1 Å². The lowest BCUT2D eigenvalue weighted by Gasteiger charge is -2.35. The van der Waals surface area contributed by atoms with Crippen molar-refractivity contribution in [1.29, 1.82) is 0 Å². The van der Waals surface area contributed by atoms with E-state index >= 15 is 0 Å². The number of hydrogen-bond donors (Lipinski definition) is 1. The third-order valence-corrected chi connectivity index (χ3v) is 4.32. The van der Waals surface area contributed by atoms with Gasteiger partial charge in [0.2, 0.25) is 0 Å². The summed E-state index contributed by atoms with van der Waals surface area (Å²) in [5.74, 6) is 1.90. The minimum atomic E-state index is 0.769. The molecule has 1 saturated carbocycles. The minimum absolute atomic E-state index is 0.769. The van der Waals surface area contributed by atoms with Gasteiger partial charge in [-0.2, -0.15) is 0 Å². The molecule has 2 fully saturated rings. The molecule has 0 atom stereocenters. The average molecular weight is 260 g/mol.